The SMILES string of the molecule is COc1ccccc1-c1cc(CNC2CCN(c3ccc4c(c3)CCC4)CC2)on1. The molecule has 1 N–H and O–H groups in total. The Morgan fingerprint density at radius 1 is 1.07 bits per heavy atom. The molecule has 1 aromatic heterocycles. The van der Waals surface area contributed by atoms with Gasteiger partial charge in [-0.3, -0.25) is 0 Å². The summed E-state index contributed by atoms with van der Waals surface area (Å²) in [5.74, 6) is 1.67. The van der Waals surface area contributed by atoms with Crippen LogP contribution in [0.25, 0.3) is 11.3 Å². The van der Waals surface area contributed by atoms with Gasteiger partial charge in [0.1, 0.15) is 11.4 Å². The molecule has 2 aromatic carbocycles. The van der Waals surface area contributed by atoms with Gasteiger partial charge < -0.3 is 19.5 Å². The molecule has 0 atom stereocenters. The van der Waals surface area contributed by atoms with Crippen LogP contribution in [-0.4, -0.2) is 31.4 Å². The summed E-state index contributed by atoms with van der Waals surface area (Å²) >= 11 is 0. The fraction of sp³-hybridized carbons (Fsp3) is 0.400. The van der Waals surface area contributed by atoms with Gasteiger partial charge in [0.2, 0.25) is 0 Å². The fourth-order valence-electron chi connectivity index (χ4n) is 4.72. The van der Waals surface area contributed by atoms with Crippen LogP contribution < -0.4 is 15.0 Å². The predicted molar refractivity (Wildman–Crippen MR) is 119 cm³/mol. The number of piperidine rings is 1. The minimum absolute atomic E-state index is 0.510. The summed E-state index contributed by atoms with van der Waals surface area (Å²) in [6.07, 6.45) is 6.09. The van der Waals surface area contributed by atoms with Crippen LogP contribution in [0.5, 0.6) is 5.75 Å². The number of benzene rings is 2. The van der Waals surface area contributed by atoms with E-state index in [0.717, 1.165) is 48.7 Å². The monoisotopic (exact) mass is 403 g/mol. The number of rotatable bonds is 6. The minimum atomic E-state index is 0.510. The zero-order chi connectivity index (χ0) is 20.3. The second-order valence-corrected chi connectivity index (χ2v) is 8.33. The summed E-state index contributed by atoms with van der Waals surface area (Å²) < 4.78 is 11.0. The Labute approximate surface area is 178 Å². The number of aryl methyl sites for hydroxylation is 2. The minimum Gasteiger partial charge on any atom is -0.496 e. The lowest BCUT2D eigenvalue weighted by Crippen LogP contribution is -2.42. The van der Waals surface area contributed by atoms with E-state index in [1.54, 1.807) is 18.2 Å². The lowest BCUT2D eigenvalue weighted by atomic mass is 10.0. The number of fused-ring (bicyclic) bond motifs is 1. The highest BCUT2D eigenvalue weighted by Crippen LogP contribution is 2.30. The van der Waals surface area contributed by atoms with Gasteiger partial charge in [-0.25, -0.2) is 0 Å². The molecule has 0 amide bonds. The number of aromatic nitrogens is 1. The molecule has 0 bridgehead atoms. The van der Waals surface area contributed by atoms with Gasteiger partial charge in [-0.1, -0.05) is 23.4 Å². The zero-order valence-electron chi connectivity index (χ0n) is 17.6. The zero-order valence-corrected chi connectivity index (χ0v) is 17.6. The van der Waals surface area contributed by atoms with Crippen LogP contribution in [0.3, 0.4) is 0 Å². The van der Waals surface area contributed by atoms with Crippen molar-refractivity contribution in [3.8, 4) is 17.0 Å². The maximum absolute atomic E-state index is 5.56. The Hall–Kier alpha value is -2.79. The molecule has 0 saturated carbocycles. The van der Waals surface area contributed by atoms with Gasteiger partial charge in [-0.15, -0.1) is 0 Å². The number of nitrogens with one attached hydrogen (secondary N) is 1. The van der Waals surface area contributed by atoms with Crippen molar-refractivity contribution < 1.29 is 9.26 Å². The molecule has 5 nitrogen and oxygen atoms in total. The van der Waals surface area contributed by atoms with E-state index < -0.39 is 0 Å². The molecule has 0 spiro atoms. The van der Waals surface area contributed by atoms with E-state index in [-0.39, 0.29) is 0 Å². The quantitative estimate of drug-likeness (QED) is 0.652. The summed E-state index contributed by atoms with van der Waals surface area (Å²) in [6, 6.07) is 17.5. The van der Waals surface area contributed by atoms with Crippen molar-refractivity contribution in [1.82, 2.24) is 10.5 Å². The molecule has 0 unspecified atom stereocenters. The van der Waals surface area contributed by atoms with Gasteiger partial charge in [0, 0.05) is 36.4 Å². The van der Waals surface area contributed by atoms with E-state index in [1.807, 2.05) is 30.3 Å². The topological polar surface area (TPSA) is 50.5 Å². The highest BCUT2D eigenvalue weighted by molar-refractivity contribution is 5.66. The third-order valence-electron chi connectivity index (χ3n) is 6.45. The Morgan fingerprint density at radius 3 is 2.77 bits per heavy atom. The first-order chi connectivity index (χ1) is 14.8. The normalized spacial score (nSPS) is 16.6. The molecule has 1 saturated heterocycles. The van der Waals surface area contributed by atoms with Gasteiger partial charge in [0.05, 0.1) is 13.7 Å². The van der Waals surface area contributed by atoms with Crippen molar-refractivity contribution in [1.29, 1.82) is 0 Å². The first-order valence-electron chi connectivity index (χ1n) is 11.0. The first kappa shape index (κ1) is 19.2. The van der Waals surface area contributed by atoms with Gasteiger partial charge in [-0.05, 0) is 67.5 Å². The maximum atomic E-state index is 5.56. The van der Waals surface area contributed by atoms with Crippen molar-refractivity contribution in [2.24, 2.45) is 0 Å². The number of para-hydroxylation sites is 1. The van der Waals surface area contributed by atoms with Crippen LogP contribution in [-0.2, 0) is 19.4 Å². The molecule has 5 heteroatoms. The van der Waals surface area contributed by atoms with Gasteiger partial charge in [-0.2, -0.15) is 0 Å². The number of methoxy groups -OCH3 is 1. The smallest absolute Gasteiger partial charge is 0.151 e. The Bertz CT molecular complexity index is 1010. The molecule has 1 fully saturated rings. The van der Waals surface area contributed by atoms with Crippen molar-refractivity contribution in [3.63, 3.8) is 0 Å². The molecular formula is C25H29N3O2. The second kappa shape index (κ2) is 8.52. The molecule has 1 aliphatic heterocycles. The van der Waals surface area contributed by atoms with Crippen LogP contribution in [0, 0.1) is 0 Å². The van der Waals surface area contributed by atoms with E-state index >= 15 is 0 Å². The third kappa shape index (κ3) is 3.94. The highest BCUT2D eigenvalue weighted by Gasteiger charge is 2.21. The van der Waals surface area contributed by atoms with Gasteiger partial charge in [0.15, 0.2) is 5.76 Å². The Morgan fingerprint density at radius 2 is 1.90 bits per heavy atom. The third-order valence-corrected chi connectivity index (χ3v) is 6.45. The summed E-state index contributed by atoms with van der Waals surface area (Å²) in [5.41, 5.74) is 6.28. The molecule has 2 heterocycles. The van der Waals surface area contributed by atoms with Gasteiger partial charge in [0.25, 0.3) is 0 Å². The van der Waals surface area contributed by atoms with E-state index in [1.165, 1.54) is 24.9 Å². The molecule has 30 heavy (non-hydrogen) atoms. The van der Waals surface area contributed by atoms with Crippen LogP contribution in [0.2, 0.25) is 0 Å². The van der Waals surface area contributed by atoms with E-state index in [4.69, 9.17) is 9.26 Å². The standard InChI is InChI=1S/C25H29N3O2/c1-29-25-8-3-2-7-23(25)24-16-22(30-27-24)17-26-20-11-13-28(14-12-20)21-10-9-18-5-4-6-19(18)15-21/h2-3,7-10,15-16,20,26H,4-6,11-14,17H2,1H3. The molecular weight excluding hydrogens is 374 g/mol. The molecule has 3 aromatic rings. The lowest BCUT2D eigenvalue weighted by molar-refractivity contribution is 0.347. The van der Waals surface area contributed by atoms with Crippen molar-refractivity contribution in [2.75, 3.05) is 25.1 Å². The first-order valence-corrected chi connectivity index (χ1v) is 11.0. The fourth-order valence-corrected chi connectivity index (χ4v) is 4.72. The Kier molecular flexibility index (Phi) is 5.45. The summed E-state index contributed by atoms with van der Waals surface area (Å²) in [4.78, 5) is 2.53. The lowest BCUT2D eigenvalue weighted by Gasteiger charge is -2.34. The molecule has 5 rings (SSSR count). The number of anilines is 1. The second-order valence-electron chi connectivity index (χ2n) is 8.33. The molecule has 1 aliphatic carbocycles. The average Bonchev–Trinajstić information content (AvgIpc) is 3.47. The van der Waals surface area contributed by atoms with E-state index in [2.05, 4.69) is 33.6 Å². The maximum Gasteiger partial charge on any atom is 0.151 e. The summed E-state index contributed by atoms with van der Waals surface area (Å²) in [6.45, 7) is 2.89. The van der Waals surface area contributed by atoms with E-state index in [0.29, 0.717) is 12.6 Å². The number of hydrogen-bond acceptors (Lipinski definition) is 5. The molecule has 2 aliphatic rings. The van der Waals surface area contributed by atoms with Crippen LogP contribution in [0.15, 0.2) is 53.1 Å². The highest BCUT2D eigenvalue weighted by atomic mass is 16.5. The molecule has 156 valence electrons. The van der Waals surface area contributed by atoms with Crippen molar-refractivity contribution >= 4 is 5.69 Å². The van der Waals surface area contributed by atoms with Crippen LogP contribution >= 0.6 is 0 Å². The largest absolute Gasteiger partial charge is 0.496 e. The average molecular weight is 404 g/mol. The van der Waals surface area contributed by atoms with Crippen LogP contribution in [0.4, 0.5) is 5.69 Å². The van der Waals surface area contributed by atoms with Crippen molar-refractivity contribution in [3.05, 3.63) is 65.4 Å². The van der Waals surface area contributed by atoms with E-state index in [9.17, 15) is 0 Å². The van der Waals surface area contributed by atoms with Gasteiger partial charge >= 0.3 is 0 Å². The summed E-state index contributed by atoms with van der Waals surface area (Å²) in [5, 5.41) is 7.89. The molecule has 0 radical (unpaired) electrons. The van der Waals surface area contributed by atoms with Crippen LogP contribution in [0.1, 0.15) is 36.1 Å². The number of hydrogen-bond donors (Lipinski definition) is 1. The number of ether oxygens (including phenoxy) is 1. The number of nitrogens with zero attached hydrogens (tertiary/aromatic N) is 2. The Balaban J connectivity index is 1.15. The predicted octanol–water partition coefficient (Wildman–Crippen LogP) is 4.60. The van der Waals surface area contributed by atoms with Crippen molar-refractivity contribution in [2.45, 2.75) is 44.7 Å². The summed E-state index contributed by atoms with van der Waals surface area (Å²) in [7, 11) is 1.68.